The summed E-state index contributed by atoms with van der Waals surface area (Å²) in [5.41, 5.74) is -0.331. The number of esters is 1. The minimum atomic E-state index is -0.877. The van der Waals surface area contributed by atoms with E-state index in [2.05, 4.69) is 10.4 Å². The number of anilines is 1. The predicted octanol–water partition coefficient (Wildman–Crippen LogP) is 4.08. The molecule has 3 aromatic rings. The van der Waals surface area contributed by atoms with Crippen LogP contribution in [0, 0.1) is 0 Å². The quantitative estimate of drug-likeness (QED) is 0.373. The van der Waals surface area contributed by atoms with Crippen molar-refractivity contribution in [2.75, 3.05) is 18.5 Å². The maximum atomic E-state index is 12.3. The van der Waals surface area contributed by atoms with E-state index in [1.54, 1.807) is 12.1 Å². The second-order valence-electron chi connectivity index (χ2n) is 6.31. The van der Waals surface area contributed by atoms with Crippen LogP contribution in [-0.2, 0) is 16.1 Å². The zero-order valence-electron chi connectivity index (χ0n) is 16.4. The molecule has 11 heteroatoms. The summed E-state index contributed by atoms with van der Waals surface area (Å²) in [6.45, 7) is -0.319. The van der Waals surface area contributed by atoms with Crippen LogP contribution in [0.1, 0.15) is 10.5 Å². The molecule has 0 aliphatic carbocycles. The van der Waals surface area contributed by atoms with Crippen molar-refractivity contribution >= 4 is 52.4 Å². The van der Waals surface area contributed by atoms with E-state index >= 15 is 0 Å². The first-order chi connectivity index (χ1) is 15.3. The number of carbonyl (C=O) groups is 2. The van der Waals surface area contributed by atoms with Gasteiger partial charge in [0.15, 0.2) is 12.3 Å². The molecule has 2 aromatic carbocycles. The fraction of sp³-hybridized carbons (Fsp3) is 0.143. The lowest BCUT2D eigenvalue weighted by Crippen LogP contribution is -2.28. The molecule has 0 spiro atoms. The van der Waals surface area contributed by atoms with E-state index in [-0.39, 0.29) is 39.6 Å². The summed E-state index contributed by atoms with van der Waals surface area (Å²) in [5, 5.41) is 7.04. The smallest absolute Gasteiger partial charge is 0.359 e. The van der Waals surface area contributed by atoms with Crippen molar-refractivity contribution in [3.8, 4) is 5.75 Å². The summed E-state index contributed by atoms with van der Waals surface area (Å²) in [6, 6.07) is 14.2. The van der Waals surface area contributed by atoms with Crippen molar-refractivity contribution in [2.24, 2.45) is 0 Å². The number of benzene rings is 2. The molecule has 0 saturated carbocycles. The van der Waals surface area contributed by atoms with E-state index in [0.717, 1.165) is 4.68 Å². The van der Waals surface area contributed by atoms with Crippen LogP contribution >= 0.6 is 34.8 Å². The van der Waals surface area contributed by atoms with Gasteiger partial charge in [0, 0.05) is 6.07 Å². The number of aromatic nitrogens is 2. The van der Waals surface area contributed by atoms with Crippen molar-refractivity contribution in [1.82, 2.24) is 9.78 Å². The number of nitrogens with one attached hydrogen (secondary N) is 1. The summed E-state index contributed by atoms with van der Waals surface area (Å²) < 4.78 is 11.6. The molecule has 0 radical (unpaired) electrons. The molecule has 166 valence electrons. The molecule has 0 atom stereocenters. The molecule has 0 bridgehead atoms. The topological polar surface area (TPSA) is 99.5 Å². The Morgan fingerprint density at radius 2 is 1.69 bits per heavy atom. The first kappa shape index (κ1) is 23.6. The number of ether oxygens (including phenoxy) is 2. The van der Waals surface area contributed by atoms with Crippen molar-refractivity contribution in [3.63, 3.8) is 0 Å². The highest BCUT2D eigenvalue weighted by Gasteiger charge is 2.15. The Morgan fingerprint density at radius 3 is 2.44 bits per heavy atom. The van der Waals surface area contributed by atoms with Gasteiger partial charge in [0.25, 0.3) is 11.5 Å². The van der Waals surface area contributed by atoms with Gasteiger partial charge in [-0.3, -0.25) is 9.59 Å². The summed E-state index contributed by atoms with van der Waals surface area (Å²) >= 11 is 17.7. The van der Waals surface area contributed by atoms with Crippen LogP contribution < -0.4 is 15.6 Å². The molecule has 1 N–H and O–H groups in total. The molecule has 1 amide bonds. The lowest BCUT2D eigenvalue weighted by molar-refractivity contribution is -0.119. The summed E-state index contributed by atoms with van der Waals surface area (Å²) in [5.74, 6) is -0.884. The Bertz CT molecular complexity index is 1190. The molecule has 3 rings (SSSR count). The Kier molecular flexibility index (Phi) is 8.10. The third-order valence-electron chi connectivity index (χ3n) is 4.01. The lowest BCUT2D eigenvalue weighted by atomic mass is 10.3. The van der Waals surface area contributed by atoms with E-state index in [1.807, 2.05) is 18.2 Å². The third kappa shape index (κ3) is 6.46. The SMILES string of the molecule is O=C(COC(=O)c1ccc(=O)n(CCOc2ccccc2)n1)Nc1cc(Cl)c(Cl)cc1Cl. The fourth-order valence-corrected chi connectivity index (χ4v) is 3.09. The van der Waals surface area contributed by atoms with Gasteiger partial charge in [-0.2, -0.15) is 5.10 Å². The molecule has 0 unspecified atom stereocenters. The van der Waals surface area contributed by atoms with Crippen molar-refractivity contribution in [2.45, 2.75) is 6.54 Å². The summed E-state index contributed by atoms with van der Waals surface area (Å²) in [6.07, 6.45) is 0. The second kappa shape index (κ2) is 11.0. The normalized spacial score (nSPS) is 10.5. The van der Waals surface area contributed by atoms with Gasteiger partial charge in [0.1, 0.15) is 12.4 Å². The lowest BCUT2D eigenvalue weighted by Gasteiger charge is -2.10. The van der Waals surface area contributed by atoms with Crippen LogP contribution in [0.4, 0.5) is 5.69 Å². The zero-order chi connectivity index (χ0) is 23.1. The number of rotatable bonds is 8. The first-order valence-electron chi connectivity index (χ1n) is 9.21. The van der Waals surface area contributed by atoms with E-state index in [0.29, 0.717) is 5.75 Å². The number of amides is 1. The average Bonchev–Trinajstić information content (AvgIpc) is 2.78. The standard InChI is InChI=1S/C21H16Cl3N3O5/c22-14-10-16(24)18(11-15(14)23)25-19(28)12-32-21(30)17-6-7-20(29)27(26-17)8-9-31-13-4-2-1-3-5-13/h1-7,10-11H,8-9,12H2,(H,25,28). The van der Waals surface area contributed by atoms with Gasteiger partial charge >= 0.3 is 5.97 Å². The predicted molar refractivity (Wildman–Crippen MR) is 121 cm³/mol. The largest absolute Gasteiger partial charge is 0.492 e. The Labute approximate surface area is 197 Å². The Hall–Kier alpha value is -3.07. The van der Waals surface area contributed by atoms with Crippen molar-refractivity contribution in [1.29, 1.82) is 0 Å². The van der Waals surface area contributed by atoms with Crippen LogP contribution in [-0.4, -0.2) is 34.9 Å². The number of nitrogens with zero attached hydrogens (tertiary/aromatic N) is 2. The minimum Gasteiger partial charge on any atom is -0.492 e. The highest BCUT2D eigenvalue weighted by Crippen LogP contribution is 2.32. The summed E-state index contributed by atoms with van der Waals surface area (Å²) in [7, 11) is 0. The molecule has 1 heterocycles. The highest BCUT2D eigenvalue weighted by molar-refractivity contribution is 6.44. The van der Waals surface area contributed by atoms with Crippen LogP contribution in [0.25, 0.3) is 0 Å². The molecule has 0 fully saturated rings. The van der Waals surface area contributed by atoms with Gasteiger partial charge in [-0.15, -0.1) is 0 Å². The maximum absolute atomic E-state index is 12.3. The second-order valence-corrected chi connectivity index (χ2v) is 7.53. The number of halogens is 3. The molecule has 0 saturated heterocycles. The number of carbonyl (C=O) groups excluding carboxylic acids is 2. The van der Waals surface area contributed by atoms with Gasteiger partial charge in [-0.1, -0.05) is 53.0 Å². The van der Waals surface area contributed by atoms with E-state index in [1.165, 1.54) is 24.3 Å². The van der Waals surface area contributed by atoms with Crippen molar-refractivity contribution in [3.05, 3.63) is 85.7 Å². The fourth-order valence-electron chi connectivity index (χ4n) is 2.49. The molecule has 8 nitrogen and oxygen atoms in total. The average molecular weight is 497 g/mol. The third-order valence-corrected chi connectivity index (χ3v) is 5.04. The van der Waals surface area contributed by atoms with E-state index in [9.17, 15) is 14.4 Å². The summed E-state index contributed by atoms with van der Waals surface area (Å²) in [4.78, 5) is 36.3. The Balaban J connectivity index is 1.55. The number of hydrogen-bond donors (Lipinski definition) is 1. The van der Waals surface area contributed by atoms with Crippen LogP contribution in [0.3, 0.4) is 0 Å². The molecule has 1 aromatic heterocycles. The van der Waals surface area contributed by atoms with Crippen molar-refractivity contribution < 1.29 is 19.1 Å². The van der Waals surface area contributed by atoms with Gasteiger partial charge in [0.05, 0.1) is 27.3 Å². The van der Waals surface area contributed by atoms with Gasteiger partial charge in [-0.05, 0) is 30.3 Å². The Morgan fingerprint density at radius 1 is 0.969 bits per heavy atom. The highest BCUT2D eigenvalue weighted by atomic mass is 35.5. The first-order valence-corrected chi connectivity index (χ1v) is 10.3. The van der Waals surface area contributed by atoms with E-state index in [4.69, 9.17) is 44.3 Å². The van der Waals surface area contributed by atoms with Crippen LogP contribution in [0.2, 0.25) is 15.1 Å². The maximum Gasteiger partial charge on any atom is 0.359 e. The molecule has 0 aliphatic rings. The van der Waals surface area contributed by atoms with Gasteiger partial charge in [0.2, 0.25) is 0 Å². The van der Waals surface area contributed by atoms with Crippen LogP contribution in [0.5, 0.6) is 5.75 Å². The van der Waals surface area contributed by atoms with E-state index < -0.39 is 24.0 Å². The molecule has 32 heavy (non-hydrogen) atoms. The molecular formula is C21H16Cl3N3O5. The van der Waals surface area contributed by atoms with Crippen LogP contribution in [0.15, 0.2) is 59.4 Å². The van der Waals surface area contributed by atoms with Gasteiger partial charge < -0.3 is 14.8 Å². The number of para-hydroxylation sites is 1. The molecular weight excluding hydrogens is 481 g/mol. The molecule has 0 aliphatic heterocycles. The monoisotopic (exact) mass is 495 g/mol. The number of hydrogen-bond acceptors (Lipinski definition) is 6. The zero-order valence-corrected chi connectivity index (χ0v) is 18.7. The minimum absolute atomic E-state index is 0.116. The van der Waals surface area contributed by atoms with Gasteiger partial charge in [-0.25, -0.2) is 9.48 Å².